The van der Waals surface area contributed by atoms with E-state index >= 15 is 0 Å². The van der Waals surface area contributed by atoms with E-state index < -0.39 is 17.6 Å². The largest absolute Gasteiger partial charge is 0.439 e. The van der Waals surface area contributed by atoms with Crippen LogP contribution in [0.4, 0.5) is 24.8 Å². The summed E-state index contributed by atoms with van der Waals surface area (Å²) in [6.07, 6.45) is -3.03. The van der Waals surface area contributed by atoms with Gasteiger partial charge in [0.15, 0.2) is 0 Å². The number of nitrogens with one attached hydrogen (secondary N) is 2. The number of aromatic nitrogens is 2. The maximum absolute atomic E-state index is 14.0. The minimum atomic E-state index is -4.58. The summed E-state index contributed by atoms with van der Waals surface area (Å²) in [5.41, 5.74) is 0.464. The van der Waals surface area contributed by atoms with Crippen molar-refractivity contribution in [3.8, 4) is 11.6 Å². The van der Waals surface area contributed by atoms with Crippen molar-refractivity contribution >= 4 is 17.5 Å². The van der Waals surface area contributed by atoms with Crippen LogP contribution in [0.3, 0.4) is 0 Å². The van der Waals surface area contributed by atoms with Crippen LogP contribution >= 0.6 is 0 Å². The molecular weight excluding hydrogens is 497 g/mol. The van der Waals surface area contributed by atoms with Gasteiger partial charge in [0.2, 0.25) is 11.8 Å². The number of ether oxygens (including phenoxy) is 1. The lowest BCUT2D eigenvalue weighted by molar-refractivity contribution is -0.138. The van der Waals surface area contributed by atoms with E-state index in [-0.39, 0.29) is 17.7 Å². The Morgan fingerprint density at radius 2 is 1.79 bits per heavy atom. The van der Waals surface area contributed by atoms with Gasteiger partial charge < -0.3 is 20.3 Å². The molecule has 1 saturated heterocycles. The van der Waals surface area contributed by atoms with Crippen LogP contribution in [0.2, 0.25) is 0 Å². The van der Waals surface area contributed by atoms with Gasteiger partial charge in [-0.25, -0.2) is 4.98 Å². The van der Waals surface area contributed by atoms with Crippen LogP contribution in [0.1, 0.15) is 34.0 Å². The first-order valence-electron chi connectivity index (χ1n) is 12.4. The van der Waals surface area contributed by atoms with Crippen molar-refractivity contribution < 1.29 is 22.7 Å². The maximum Gasteiger partial charge on any atom is 0.416 e. The second kappa shape index (κ2) is 11.8. The average molecular weight is 529 g/mol. The standard InChI is InChI=1S/C27H31F3N6O2/c1-4-35-11-13-36(14-12-35)17-20-7-6-19(15-22(20)27(28,29)30)25(37)33-21-8-5-18(2)23(16-21)38-24-9-10-32-26(31-3)34-24/h5-10,15-16H,4,11-14,17H2,1-3H3,(H,33,37)(H,31,32,34). The van der Waals surface area contributed by atoms with Gasteiger partial charge in [-0.15, -0.1) is 0 Å². The summed E-state index contributed by atoms with van der Waals surface area (Å²) in [6, 6.07) is 10.4. The van der Waals surface area contributed by atoms with Gasteiger partial charge in [-0.05, 0) is 42.8 Å². The van der Waals surface area contributed by atoms with Gasteiger partial charge in [-0.1, -0.05) is 19.1 Å². The van der Waals surface area contributed by atoms with E-state index in [1.807, 2.05) is 11.8 Å². The molecule has 2 N–H and O–H groups in total. The fourth-order valence-corrected chi connectivity index (χ4v) is 4.25. The van der Waals surface area contributed by atoms with E-state index in [9.17, 15) is 18.0 Å². The monoisotopic (exact) mass is 528 g/mol. The Morgan fingerprint density at radius 1 is 1.05 bits per heavy atom. The van der Waals surface area contributed by atoms with Crippen molar-refractivity contribution in [2.45, 2.75) is 26.6 Å². The molecule has 1 aliphatic rings. The van der Waals surface area contributed by atoms with Crippen molar-refractivity contribution in [2.24, 2.45) is 0 Å². The minimum Gasteiger partial charge on any atom is -0.439 e. The van der Waals surface area contributed by atoms with Crippen LogP contribution in [0.5, 0.6) is 11.6 Å². The van der Waals surface area contributed by atoms with E-state index in [0.29, 0.717) is 36.4 Å². The highest BCUT2D eigenvalue weighted by Gasteiger charge is 2.34. The lowest BCUT2D eigenvalue weighted by Crippen LogP contribution is -2.45. The number of aryl methyl sites for hydroxylation is 1. The molecule has 1 aromatic heterocycles. The van der Waals surface area contributed by atoms with Crippen LogP contribution in [0.15, 0.2) is 48.7 Å². The highest BCUT2D eigenvalue weighted by atomic mass is 19.4. The van der Waals surface area contributed by atoms with Gasteiger partial charge in [-0.2, -0.15) is 18.2 Å². The van der Waals surface area contributed by atoms with Gasteiger partial charge in [0.05, 0.1) is 5.56 Å². The number of amides is 1. The average Bonchev–Trinajstić information content (AvgIpc) is 2.90. The van der Waals surface area contributed by atoms with E-state index in [4.69, 9.17) is 4.74 Å². The Balaban J connectivity index is 1.50. The molecule has 0 bridgehead atoms. The number of hydrogen-bond acceptors (Lipinski definition) is 7. The number of carbonyl (C=O) groups is 1. The van der Waals surface area contributed by atoms with Crippen molar-refractivity contribution in [2.75, 3.05) is 50.4 Å². The fraction of sp³-hybridized carbons (Fsp3) is 0.370. The third-order valence-electron chi connectivity index (χ3n) is 6.50. The van der Waals surface area contributed by atoms with E-state index in [2.05, 4.69) is 32.4 Å². The zero-order chi connectivity index (χ0) is 27.3. The van der Waals surface area contributed by atoms with Crippen LogP contribution in [-0.4, -0.2) is 65.4 Å². The van der Waals surface area contributed by atoms with Gasteiger partial charge in [0.1, 0.15) is 5.75 Å². The Bertz CT molecular complexity index is 1280. The predicted molar refractivity (Wildman–Crippen MR) is 140 cm³/mol. The molecule has 1 fully saturated rings. The number of nitrogens with zero attached hydrogens (tertiary/aromatic N) is 4. The number of hydrogen-bond donors (Lipinski definition) is 2. The predicted octanol–water partition coefficient (Wildman–Crippen LogP) is 5.03. The minimum absolute atomic E-state index is 0.0746. The molecule has 11 heteroatoms. The zero-order valence-corrected chi connectivity index (χ0v) is 21.6. The molecule has 0 spiro atoms. The summed E-state index contributed by atoms with van der Waals surface area (Å²) in [7, 11) is 1.69. The number of anilines is 2. The molecule has 0 radical (unpaired) electrons. The van der Waals surface area contributed by atoms with Crippen molar-refractivity contribution in [3.63, 3.8) is 0 Å². The molecule has 0 aliphatic carbocycles. The number of benzene rings is 2. The molecule has 2 aromatic carbocycles. The normalized spacial score (nSPS) is 14.8. The summed E-state index contributed by atoms with van der Waals surface area (Å²) in [5.74, 6) is 0.486. The fourth-order valence-electron chi connectivity index (χ4n) is 4.25. The van der Waals surface area contributed by atoms with Crippen LogP contribution in [0.25, 0.3) is 0 Å². The summed E-state index contributed by atoms with van der Waals surface area (Å²) in [6.45, 7) is 8.08. The Morgan fingerprint density at radius 3 is 2.47 bits per heavy atom. The third kappa shape index (κ3) is 6.78. The second-order valence-corrected chi connectivity index (χ2v) is 9.09. The van der Waals surface area contributed by atoms with E-state index in [0.717, 1.165) is 31.3 Å². The molecule has 1 amide bonds. The highest BCUT2D eigenvalue weighted by molar-refractivity contribution is 6.04. The smallest absolute Gasteiger partial charge is 0.416 e. The van der Waals surface area contributed by atoms with Gasteiger partial charge in [-0.3, -0.25) is 9.69 Å². The Hall–Kier alpha value is -3.70. The van der Waals surface area contributed by atoms with E-state index in [1.54, 1.807) is 37.5 Å². The van der Waals surface area contributed by atoms with Crippen LogP contribution in [0, 0.1) is 6.92 Å². The van der Waals surface area contributed by atoms with Crippen molar-refractivity contribution in [1.82, 2.24) is 19.8 Å². The summed E-state index contributed by atoms with van der Waals surface area (Å²) in [4.78, 5) is 25.5. The first-order valence-corrected chi connectivity index (χ1v) is 12.4. The molecule has 3 aromatic rings. The summed E-state index contributed by atoms with van der Waals surface area (Å²) < 4.78 is 47.7. The molecular formula is C27H31F3N6O2. The molecule has 2 heterocycles. The van der Waals surface area contributed by atoms with Crippen LogP contribution in [-0.2, 0) is 12.7 Å². The first kappa shape index (κ1) is 27.3. The zero-order valence-electron chi connectivity index (χ0n) is 21.6. The summed E-state index contributed by atoms with van der Waals surface area (Å²) in [5, 5.41) is 5.50. The highest BCUT2D eigenvalue weighted by Crippen LogP contribution is 2.34. The molecule has 4 rings (SSSR count). The van der Waals surface area contributed by atoms with Gasteiger partial charge in [0, 0.05) is 69.4 Å². The molecule has 1 aliphatic heterocycles. The van der Waals surface area contributed by atoms with E-state index in [1.165, 1.54) is 12.1 Å². The first-order chi connectivity index (χ1) is 18.2. The van der Waals surface area contributed by atoms with Crippen LogP contribution < -0.4 is 15.4 Å². The SMILES string of the molecule is CCN1CCN(Cc2ccc(C(=O)Nc3ccc(C)c(Oc4ccnc(NC)n4)c3)cc2C(F)(F)F)CC1. The number of alkyl halides is 3. The number of halogens is 3. The second-order valence-electron chi connectivity index (χ2n) is 9.09. The lowest BCUT2D eigenvalue weighted by Gasteiger charge is -2.34. The lowest BCUT2D eigenvalue weighted by atomic mass is 10.0. The topological polar surface area (TPSA) is 82.6 Å². The Kier molecular flexibility index (Phi) is 8.48. The molecule has 8 nitrogen and oxygen atoms in total. The van der Waals surface area contributed by atoms with Gasteiger partial charge >= 0.3 is 6.18 Å². The number of likely N-dealkylation sites (N-methyl/N-ethyl adjacent to an activating group) is 1. The number of carbonyl (C=O) groups excluding carboxylic acids is 1. The Labute approximate surface area is 219 Å². The molecule has 0 atom stereocenters. The molecule has 202 valence electrons. The molecule has 38 heavy (non-hydrogen) atoms. The number of piperazine rings is 1. The maximum atomic E-state index is 14.0. The summed E-state index contributed by atoms with van der Waals surface area (Å²) >= 11 is 0. The molecule has 0 saturated carbocycles. The molecule has 0 unspecified atom stereocenters. The van der Waals surface area contributed by atoms with Crippen molar-refractivity contribution in [1.29, 1.82) is 0 Å². The van der Waals surface area contributed by atoms with Crippen molar-refractivity contribution in [3.05, 3.63) is 70.9 Å². The number of rotatable bonds is 8. The quantitative estimate of drug-likeness (QED) is 0.425. The third-order valence-corrected chi connectivity index (χ3v) is 6.50. The van der Waals surface area contributed by atoms with Gasteiger partial charge in [0.25, 0.3) is 5.91 Å².